The van der Waals surface area contributed by atoms with E-state index < -0.39 is 0 Å². The topological polar surface area (TPSA) is 61.7 Å². The van der Waals surface area contributed by atoms with E-state index in [-0.39, 0.29) is 11.5 Å². The fraction of sp³-hybridized carbons (Fsp3) is 0.200. The quantitative estimate of drug-likeness (QED) is 0.722. The molecule has 100 valence electrons. The number of ether oxygens (including phenoxy) is 1. The van der Waals surface area contributed by atoms with Crippen LogP contribution in [0.3, 0.4) is 0 Å². The van der Waals surface area contributed by atoms with Gasteiger partial charge in [0.15, 0.2) is 11.5 Å². The molecule has 0 amide bonds. The average molecular weight is 259 g/mol. The fourth-order valence-electron chi connectivity index (χ4n) is 1.78. The van der Waals surface area contributed by atoms with Crippen LogP contribution >= 0.6 is 0 Å². The molecule has 4 nitrogen and oxygen atoms in total. The SMILES string of the molecule is CCOc1cccc(NCc2cccc(O)c2O)c1. The van der Waals surface area contributed by atoms with Gasteiger partial charge in [0.05, 0.1) is 6.61 Å². The van der Waals surface area contributed by atoms with Crippen LogP contribution in [0.25, 0.3) is 0 Å². The first-order valence-corrected chi connectivity index (χ1v) is 6.17. The van der Waals surface area contributed by atoms with Crippen LogP contribution < -0.4 is 10.1 Å². The van der Waals surface area contributed by atoms with E-state index in [4.69, 9.17) is 4.74 Å². The van der Waals surface area contributed by atoms with E-state index in [1.165, 1.54) is 6.07 Å². The fourth-order valence-corrected chi connectivity index (χ4v) is 1.78. The molecule has 0 spiro atoms. The van der Waals surface area contributed by atoms with Crippen molar-refractivity contribution in [2.24, 2.45) is 0 Å². The number of rotatable bonds is 5. The number of phenols is 2. The average Bonchev–Trinajstić information content (AvgIpc) is 2.41. The van der Waals surface area contributed by atoms with Crippen molar-refractivity contribution in [2.45, 2.75) is 13.5 Å². The Labute approximate surface area is 112 Å². The number of hydrogen-bond donors (Lipinski definition) is 3. The van der Waals surface area contributed by atoms with E-state index in [0.29, 0.717) is 18.7 Å². The summed E-state index contributed by atoms with van der Waals surface area (Å²) in [5, 5.41) is 22.3. The first-order valence-electron chi connectivity index (χ1n) is 6.17. The zero-order chi connectivity index (χ0) is 13.7. The van der Waals surface area contributed by atoms with E-state index >= 15 is 0 Å². The highest BCUT2D eigenvalue weighted by atomic mass is 16.5. The lowest BCUT2D eigenvalue weighted by atomic mass is 10.2. The standard InChI is InChI=1S/C15H17NO3/c1-2-19-13-7-4-6-12(9-13)16-10-11-5-3-8-14(17)15(11)18/h3-9,16-18H,2,10H2,1H3. The van der Waals surface area contributed by atoms with Crippen molar-refractivity contribution < 1.29 is 14.9 Å². The Balaban J connectivity index is 2.06. The van der Waals surface area contributed by atoms with E-state index in [1.54, 1.807) is 12.1 Å². The van der Waals surface area contributed by atoms with Gasteiger partial charge in [-0.1, -0.05) is 18.2 Å². The minimum atomic E-state index is -0.109. The molecule has 3 N–H and O–H groups in total. The molecule has 0 saturated carbocycles. The van der Waals surface area contributed by atoms with Crippen molar-refractivity contribution in [3.63, 3.8) is 0 Å². The van der Waals surface area contributed by atoms with Crippen LogP contribution in [0, 0.1) is 0 Å². The predicted octanol–water partition coefficient (Wildman–Crippen LogP) is 3.11. The Hall–Kier alpha value is -2.36. The first kappa shape index (κ1) is 13.1. The third kappa shape index (κ3) is 3.31. The first-order chi connectivity index (χ1) is 9.20. The molecule has 2 rings (SSSR count). The van der Waals surface area contributed by atoms with Crippen LogP contribution in [0.2, 0.25) is 0 Å². The van der Waals surface area contributed by atoms with Gasteiger partial charge in [0.1, 0.15) is 5.75 Å². The lowest BCUT2D eigenvalue weighted by Crippen LogP contribution is -2.00. The maximum Gasteiger partial charge on any atom is 0.162 e. The van der Waals surface area contributed by atoms with Crippen molar-refractivity contribution in [1.29, 1.82) is 0 Å². The number of nitrogens with one attached hydrogen (secondary N) is 1. The second kappa shape index (κ2) is 6.00. The summed E-state index contributed by atoms with van der Waals surface area (Å²) >= 11 is 0. The molecule has 0 aliphatic carbocycles. The molecule has 0 heterocycles. The van der Waals surface area contributed by atoms with Crippen LogP contribution in [0.5, 0.6) is 17.2 Å². The maximum absolute atomic E-state index is 9.70. The van der Waals surface area contributed by atoms with Crippen LogP contribution in [-0.4, -0.2) is 16.8 Å². The van der Waals surface area contributed by atoms with Crippen LogP contribution in [0.1, 0.15) is 12.5 Å². The summed E-state index contributed by atoms with van der Waals surface area (Å²) in [6.45, 7) is 2.98. The van der Waals surface area contributed by atoms with E-state index in [1.807, 2.05) is 31.2 Å². The molecule has 0 aliphatic rings. The molecule has 0 aromatic heterocycles. The van der Waals surface area contributed by atoms with Gasteiger partial charge in [0.2, 0.25) is 0 Å². The van der Waals surface area contributed by atoms with E-state index in [0.717, 1.165) is 11.4 Å². The normalized spacial score (nSPS) is 10.2. The van der Waals surface area contributed by atoms with Crippen molar-refractivity contribution >= 4 is 5.69 Å². The number of para-hydroxylation sites is 1. The molecule has 2 aromatic carbocycles. The zero-order valence-electron chi connectivity index (χ0n) is 10.8. The summed E-state index contributed by atoms with van der Waals surface area (Å²) in [4.78, 5) is 0. The molecule has 4 heteroatoms. The Bertz CT molecular complexity index is 555. The molecule has 0 saturated heterocycles. The summed E-state index contributed by atoms with van der Waals surface area (Å²) in [7, 11) is 0. The molecule has 0 bridgehead atoms. The van der Waals surface area contributed by atoms with Gasteiger partial charge >= 0.3 is 0 Å². The molecule has 0 radical (unpaired) electrons. The number of hydrogen-bond acceptors (Lipinski definition) is 4. The third-order valence-corrected chi connectivity index (χ3v) is 2.73. The maximum atomic E-state index is 9.70. The van der Waals surface area contributed by atoms with Gasteiger partial charge in [-0.2, -0.15) is 0 Å². The Morgan fingerprint density at radius 1 is 1.11 bits per heavy atom. The molecule has 0 unspecified atom stereocenters. The summed E-state index contributed by atoms with van der Waals surface area (Å²) in [6.07, 6.45) is 0. The van der Waals surface area contributed by atoms with Gasteiger partial charge in [-0.05, 0) is 25.1 Å². The smallest absolute Gasteiger partial charge is 0.162 e. The monoisotopic (exact) mass is 259 g/mol. The van der Waals surface area contributed by atoms with Gasteiger partial charge in [0.25, 0.3) is 0 Å². The Kier molecular flexibility index (Phi) is 4.13. The highest BCUT2D eigenvalue weighted by Crippen LogP contribution is 2.29. The van der Waals surface area contributed by atoms with Gasteiger partial charge in [-0.15, -0.1) is 0 Å². The second-order valence-corrected chi connectivity index (χ2v) is 4.10. The molecular formula is C15H17NO3. The van der Waals surface area contributed by atoms with Crippen molar-refractivity contribution in [3.05, 3.63) is 48.0 Å². The predicted molar refractivity (Wildman–Crippen MR) is 74.7 cm³/mol. The van der Waals surface area contributed by atoms with Gasteiger partial charge in [-0.25, -0.2) is 0 Å². The minimum absolute atomic E-state index is 0.0871. The molecule has 0 atom stereocenters. The van der Waals surface area contributed by atoms with Crippen LogP contribution in [-0.2, 0) is 6.54 Å². The lowest BCUT2D eigenvalue weighted by molar-refractivity contribution is 0.340. The molecular weight excluding hydrogens is 242 g/mol. The van der Waals surface area contributed by atoms with E-state index in [2.05, 4.69) is 5.32 Å². The Morgan fingerprint density at radius 2 is 1.89 bits per heavy atom. The second-order valence-electron chi connectivity index (χ2n) is 4.10. The molecule has 0 aliphatic heterocycles. The molecule has 0 fully saturated rings. The largest absolute Gasteiger partial charge is 0.504 e. The number of benzene rings is 2. The summed E-state index contributed by atoms with van der Waals surface area (Å²) < 4.78 is 5.41. The van der Waals surface area contributed by atoms with Crippen molar-refractivity contribution in [2.75, 3.05) is 11.9 Å². The van der Waals surface area contributed by atoms with Crippen molar-refractivity contribution in [3.8, 4) is 17.2 Å². The summed E-state index contributed by atoms with van der Waals surface area (Å²) in [5.41, 5.74) is 1.54. The zero-order valence-corrected chi connectivity index (χ0v) is 10.8. The summed E-state index contributed by atoms with van der Waals surface area (Å²) in [6, 6.07) is 12.5. The highest BCUT2D eigenvalue weighted by molar-refractivity contribution is 5.51. The molecule has 2 aromatic rings. The highest BCUT2D eigenvalue weighted by Gasteiger charge is 2.05. The summed E-state index contributed by atoms with van der Waals surface area (Å²) in [5.74, 6) is 0.603. The molecule has 19 heavy (non-hydrogen) atoms. The third-order valence-electron chi connectivity index (χ3n) is 2.73. The van der Waals surface area contributed by atoms with Crippen LogP contribution in [0.15, 0.2) is 42.5 Å². The number of aromatic hydroxyl groups is 2. The lowest BCUT2D eigenvalue weighted by Gasteiger charge is -2.10. The van der Waals surface area contributed by atoms with Crippen LogP contribution in [0.4, 0.5) is 5.69 Å². The van der Waals surface area contributed by atoms with Crippen molar-refractivity contribution in [1.82, 2.24) is 0 Å². The van der Waals surface area contributed by atoms with Gasteiger partial charge < -0.3 is 20.3 Å². The van der Waals surface area contributed by atoms with Gasteiger partial charge in [-0.3, -0.25) is 0 Å². The minimum Gasteiger partial charge on any atom is -0.504 e. The van der Waals surface area contributed by atoms with E-state index in [9.17, 15) is 10.2 Å². The number of anilines is 1. The van der Waals surface area contributed by atoms with Gasteiger partial charge in [0, 0.05) is 23.9 Å². The Morgan fingerprint density at radius 3 is 2.68 bits per heavy atom. The number of phenolic OH excluding ortho intramolecular Hbond substituents is 2.